The number of nitrogens with one attached hydrogen (secondary N) is 1. The van der Waals surface area contributed by atoms with E-state index in [4.69, 9.17) is 4.74 Å². The first-order valence-corrected chi connectivity index (χ1v) is 7.29. The summed E-state index contributed by atoms with van der Waals surface area (Å²) in [4.78, 5) is 14.0. The largest absolute Gasteiger partial charge is 0.379 e. The van der Waals surface area contributed by atoms with Crippen LogP contribution in [0.2, 0.25) is 0 Å². The molecule has 4 nitrogen and oxygen atoms in total. The summed E-state index contributed by atoms with van der Waals surface area (Å²) in [7, 11) is 0. The van der Waals surface area contributed by atoms with Gasteiger partial charge in [-0.1, -0.05) is 15.9 Å². The van der Waals surface area contributed by atoms with Gasteiger partial charge in [0, 0.05) is 22.0 Å². The van der Waals surface area contributed by atoms with E-state index in [9.17, 15) is 4.79 Å². The third kappa shape index (κ3) is 4.05. The van der Waals surface area contributed by atoms with Crippen molar-refractivity contribution in [3.8, 4) is 0 Å². The third-order valence-corrected chi connectivity index (χ3v) is 3.86. The lowest BCUT2D eigenvalue weighted by molar-refractivity contribution is -0.118. The zero-order valence-corrected chi connectivity index (χ0v) is 13.0. The molecule has 1 aromatic carbocycles. The van der Waals surface area contributed by atoms with Gasteiger partial charge in [-0.2, -0.15) is 0 Å². The molecule has 0 radical (unpaired) electrons. The molecule has 98 valence electrons. The Morgan fingerprint density at radius 3 is 2.78 bits per heavy atom. The number of halogens is 2. The number of ether oxygens (including phenoxy) is 1. The van der Waals surface area contributed by atoms with Crippen LogP contribution >= 0.6 is 31.9 Å². The number of carbonyl (C=O) groups is 1. The second-order valence-corrected chi connectivity index (χ2v) is 5.83. The van der Waals surface area contributed by atoms with E-state index in [2.05, 4.69) is 42.1 Å². The molecular formula is C12H14Br2N2O2. The molecule has 1 amide bonds. The van der Waals surface area contributed by atoms with E-state index in [0.717, 1.165) is 27.7 Å². The van der Waals surface area contributed by atoms with Gasteiger partial charge < -0.3 is 10.1 Å². The highest BCUT2D eigenvalue weighted by atomic mass is 79.9. The number of benzene rings is 1. The number of carbonyl (C=O) groups excluding carboxylic acids is 1. The maximum absolute atomic E-state index is 11.9. The minimum atomic E-state index is -0.00398. The van der Waals surface area contributed by atoms with Gasteiger partial charge in [0.1, 0.15) is 0 Å². The predicted octanol–water partition coefficient (Wildman–Crippen LogP) is 2.48. The van der Waals surface area contributed by atoms with E-state index in [0.29, 0.717) is 19.8 Å². The number of rotatable bonds is 3. The highest BCUT2D eigenvalue weighted by Gasteiger charge is 2.14. The van der Waals surface area contributed by atoms with E-state index >= 15 is 0 Å². The van der Waals surface area contributed by atoms with Crippen molar-refractivity contribution in [2.75, 3.05) is 38.2 Å². The van der Waals surface area contributed by atoms with Gasteiger partial charge in [-0.25, -0.2) is 0 Å². The fourth-order valence-electron chi connectivity index (χ4n) is 1.75. The maximum atomic E-state index is 11.9. The van der Waals surface area contributed by atoms with E-state index in [1.165, 1.54) is 0 Å². The Balaban J connectivity index is 1.92. The zero-order chi connectivity index (χ0) is 13.0. The lowest BCUT2D eigenvalue weighted by atomic mass is 10.3. The van der Waals surface area contributed by atoms with Crippen LogP contribution in [0, 0.1) is 0 Å². The van der Waals surface area contributed by atoms with Crippen LogP contribution in [-0.4, -0.2) is 43.7 Å². The topological polar surface area (TPSA) is 41.6 Å². The number of hydrogen-bond donors (Lipinski definition) is 1. The molecule has 0 bridgehead atoms. The Bertz CT molecular complexity index is 434. The van der Waals surface area contributed by atoms with Gasteiger partial charge >= 0.3 is 0 Å². The molecule has 1 aliphatic rings. The second kappa shape index (κ2) is 6.65. The van der Waals surface area contributed by atoms with Crippen LogP contribution in [0.1, 0.15) is 0 Å². The molecule has 0 unspecified atom stereocenters. The summed E-state index contributed by atoms with van der Waals surface area (Å²) in [6.45, 7) is 3.43. The lowest BCUT2D eigenvalue weighted by Crippen LogP contribution is -2.41. The molecule has 0 saturated carbocycles. The maximum Gasteiger partial charge on any atom is 0.238 e. The summed E-state index contributed by atoms with van der Waals surface area (Å²) in [6, 6.07) is 5.69. The standard InChI is InChI=1S/C12H14Br2N2O2/c13-9-1-2-10(14)11(7-9)15-12(17)8-16-3-5-18-6-4-16/h1-2,7H,3-6,8H2,(H,15,17). The molecule has 18 heavy (non-hydrogen) atoms. The molecular weight excluding hydrogens is 364 g/mol. The molecule has 0 aromatic heterocycles. The second-order valence-electron chi connectivity index (χ2n) is 4.06. The zero-order valence-electron chi connectivity index (χ0n) is 9.79. The van der Waals surface area contributed by atoms with Crippen LogP contribution in [0.15, 0.2) is 27.1 Å². The molecule has 1 aliphatic heterocycles. The van der Waals surface area contributed by atoms with Gasteiger partial charge in [0.15, 0.2) is 0 Å². The average molecular weight is 378 g/mol. The van der Waals surface area contributed by atoms with E-state index in [1.807, 2.05) is 18.2 Å². The van der Waals surface area contributed by atoms with Crippen molar-refractivity contribution >= 4 is 43.5 Å². The van der Waals surface area contributed by atoms with Crippen molar-refractivity contribution in [1.29, 1.82) is 0 Å². The summed E-state index contributed by atoms with van der Waals surface area (Å²) < 4.78 is 7.06. The van der Waals surface area contributed by atoms with Crippen LogP contribution in [0.25, 0.3) is 0 Å². The Labute approximate surface area is 123 Å². The quantitative estimate of drug-likeness (QED) is 0.879. The fourth-order valence-corrected chi connectivity index (χ4v) is 2.45. The van der Waals surface area contributed by atoms with Crippen LogP contribution in [-0.2, 0) is 9.53 Å². The molecule has 1 aromatic rings. The van der Waals surface area contributed by atoms with Crippen LogP contribution in [0.5, 0.6) is 0 Å². The van der Waals surface area contributed by atoms with Crippen LogP contribution in [0.3, 0.4) is 0 Å². The number of morpholine rings is 1. The monoisotopic (exact) mass is 376 g/mol. The van der Waals surface area contributed by atoms with Gasteiger partial charge in [-0.15, -0.1) is 0 Å². The number of amides is 1. The number of anilines is 1. The van der Waals surface area contributed by atoms with Gasteiger partial charge in [0.05, 0.1) is 25.4 Å². The van der Waals surface area contributed by atoms with Crippen molar-refractivity contribution in [3.05, 3.63) is 27.1 Å². The van der Waals surface area contributed by atoms with E-state index < -0.39 is 0 Å². The smallest absolute Gasteiger partial charge is 0.238 e. The Kier molecular flexibility index (Phi) is 5.17. The third-order valence-electron chi connectivity index (χ3n) is 2.67. The Hall–Kier alpha value is -0.430. The molecule has 2 rings (SSSR count). The summed E-state index contributed by atoms with van der Waals surface area (Å²) >= 11 is 6.80. The van der Waals surface area contributed by atoms with Crippen molar-refractivity contribution in [2.24, 2.45) is 0 Å². The van der Waals surface area contributed by atoms with Gasteiger partial charge in [-0.05, 0) is 34.1 Å². The van der Waals surface area contributed by atoms with Crippen LogP contribution in [0.4, 0.5) is 5.69 Å². The van der Waals surface area contributed by atoms with Gasteiger partial charge in [0.2, 0.25) is 5.91 Å². The van der Waals surface area contributed by atoms with E-state index in [-0.39, 0.29) is 5.91 Å². The molecule has 6 heteroatoms. The molecule has 0 aliphatic carbocycles. The normalized spacial score (nSPS) is 16.6. The van der Waals surface area contributed by atoms with Crippen molar-refractivity contribution in [3.63, 3.8) is 0 Å². The number of nitrogens with zero attached hydrogens (tertiary/aromatic N) is 1. The summed E-state index contributed by atoms with van der Waals surface area (Å²) in [5.74, 6) is -0.00398. The van der Waals surface area contributed by atoms with Crippen molar-refractivity contribution in [1.82, 2.24) is 4.90 Å². The molecule has 1 N–H and O–H groups in total. The van der Waals surface area contributed by atoms with Crippen molar-refractivity contribution < 1.29 is 9.53 Å². The molecule has 0 spiro atoms. The van der Waals surface area contributed by atoms with E-state index in [1.54, 1.807) is 0 Å². The SMILES string of the molecule is O=C(CN1CCOCC1)Nc1cc(Br)ccc1Br. The summed E-state index contributed by atoms with van der Waals surface area (Å²) in [6.07, 6.45) is 0. The van der Waals surface area contributed by atoms with Gasteiger partial charge in [-0.3, -0.25) is 9.69 Å². The Morgan fingerprint density at radius 1 is 1.33 bits per heavy atom. The summed E-state index contributed by atoms with van der Waals surface area (Å²) in [5.41, 5.74) is 0.780. The Morgan fingerprint density at radius 2 is 2.06 bits per heavy atom. The first kappa shape index (κ1) is 14.0. The average Bonchev–Trinajstić information content (AvgIpc) is 2.35. The molecule has 0 atom stereocenters. The first-order chi connectivity index (χ1) is 8.65. The number of hydrogen-bond acceptors (Lipinski definition) is 3. The highest BCUT2D eigenvalue weighted by Crippen LogP contribution is 2.26. The minimum absolute atomic E-state index is 0.00398. The molecule has 1 fully saturated rings. The van der Waals surface area contributed by atoms with Crippen LogP contribution < -0.4 is 5.32 Å². The lowest BCUT2D eigenvalue weighted by Gasteiger charge is -2.25. The molecule has 1 saturated heterocycles. The summed E-state index contributed by atoms with van der Waals surface area (Å²) in [5, 5.41) is 2.90. The minimum Gasteiger partial charge on any atom is -0.379 e. The first-order valence-electron chi connectivity index (χ1n) is 5.70. The molecule has 1 heterocycles. The predicted molar refractivity (Wildman–Crippen MR) is 77.7 cm³/mol. The highest BCUT2D eigenvalue weighted by molar-refractivity contribution is 9.11. The van der Waals surface area contributed by atoms with Crippen molar-refractivity contribution in [2.45, 2.75) is 0 Å². The fraction of sp³-hybridized carbons (Fsp3) is 0.417. The van der Waals surface area contributed by atoms with Gasteiger partial charge in [0.25, 0.3) is 0 Å².